The summed E-state index contributed by atoms with van der Waals surface area (Å²) in [6, 6.07) is 8.92. The minimum absolute atomic E-state index is 0.0227. The minimum atomic E-state index is -0.448. The van der Waals surface area contributed by atoms with Crippen molar-refractivity contribution in [1.29, 1.82) is 0 Å². The van der Waals surface area contributed by atoms with E-state index in [1.807, 2.05) is 37.3 Å². The summed E-state index contributed by atoms with van der Waals surface area (Å²) >= 11 is 1.40. The van der Waals surface area contributed by atoms with E-state index in [9.17, 15) is 9.59 Å². The lowest BCUT2D eigenvalue weighted by Crippen LogP contribution is -2.33. The Bertz CT molecular complexity index is 769. The third-order valence-electron chi connectivity index (χ3n) is 3.50. The summed E-state index contributed by atoms with van der Waals surface area (Å²) in [6.07, 6.45) is 1.99. The van der Waals surface area contributed by atoms with Crippen LogP contribution in [-0.4, -0.2) is 28.4 Å². The monoisotopic (exact) mass is 328 g/mol. The van der Waals surface area contributed by atoms with Gasteiger partial charge in [0.15, 0.2) is 10.9 Å². The van der Waals surface area contributed by atoms with Crippen molar-refractivity contribution in [1.82, 2.24) is 4.98 Å². The Balaban J connectivity index is 1.82. The normalized spacial score (nSPS) is 17.0. The van der Waals surface area contributed by atoms with Gasteiger partial charge in [0.2, 0.25) is 0 Å². The van der Waals surface area contributed by atoms with Crippen molar-refractivity contribution < 1.29 is 9.59 Å². The largest absolute Gasteiger partial charge is 0.298 e. The number of hydrazone groups is 1. The van der Waals surface area contributed by atoms with Gasteiger partial charge in [0.1, 0.15) is 11.8 Å². The van der Waals surface area contributed by atoms with Crippen LogP contribution in [0.2, 0.25) is 0 Å². The van der Waals surface area contributed by atoms with E-state index in [1.54, 1.807) is 11.2 Å². The molecule has 1 aliphatic heterocycles. The van der Waals surface area contributed by atoms with Gasteiger partial charge in [-0.25, -0.2) is 4.98 Å². The number of aryl methyl sites for hydroxylation is 1. The van der Waals surface area contributed by atoms with Crippen LogP contribution in [0, 0.1) is 6.92 Å². The SMILES string of the molecule is CC(=O)[C@@H]1CC(C(=O)Nc2ncc(C)s2)=NN1c1ccccc1. The quantitative estimate of drug-likeness (QED) is 0.936. The topological polar surface area (TPSA) is 74.7 Å². The van der Waals surface area contributed by atoms with Gasteiger partial charge in [0.25, 0.3) is 5.91 Å². The maximum atomic E-state index is 12.4. The predicted molar refractivity (Wildman–Crippen MR) is 90.9 cm³/mol. The van der Waals surface area contributed by atoms with E-state index >= 15 is 0 Å². The average Bonchev–Trinajstić information content (AvgIpc) is 3.15. The van der Waals surface area contributed by atoms with Gasteiger partial charge < -0.3 is 0 Å². The first-order valence-electron chi connectivity index (χ1n) is 7.20. The van der Waals surface area contributed by atoms with Crippen molar-refractivity contribution in [2.45, 2.75) is 26.3 Å². The van der Waals surface area contributed by atoms with Crippen molar-refractivity contribution in [3.8, 4) is 0 Å². The average molecular weight is 328 g/mol. The number of benzene rings is 1. The van der Waals surface area contributed by atoms with Gasteiger partial charge in [-0.3, -0.25) is 19.9 Å². The van der Waals surface area contributed by atoms with E-state index in [0.717, 1.165) is 10.6 Å². The van der Waals surface area contributed by atoms with Crippen LogP contribution in [-0.2, 0) is 9.59 Å². The fourth-order valence-electron chi connectivity index (χ4n) is 2.36. The Hall–Kier alpha value is -2.54. The molecule has 0 bridgehead atoms. The fraction of sp³-hybridized carbons (Fsp3) is 0.250. The van der Waals surface area contributed by atoms with Crippen molar-refractivity contribution in [2.75, 3.05) is 10.3 Å². The number of nitrogens with zero attached hydrogens (tertiary/aromatic N) is 3. The molecule has 0 aliphatic carbocycles. The smallest absolute Gasteiger partial charge is 0.273 e. The van der Waals surface area contributed by atoms with Gasteiger partial charge in [0.05, 0.1) is 5.69 Å². The molecular formula is C16H16N4O2S. The molecule has 1 atom stereocenters. The summed E-state index contributed by atoms with van der Waals surface area (Å²) in [7, 11) is 0. The highest BCUT2D eigenvalue weighted by atomic mass is 32.1. The first-order valence-corrected chi connectivity index (χ1v) is 8.02. The molecule has 0 spiro atoms. The number of Topliss-reactive ketones (excluding diaryl/α,β-unsaturated/α-hetero) is 1. The second kappa shape index (κ2) is 6.29. The molecule has 2 aromatic rings. The number of para-hydroxylation sites is 1. The van der Waals surface area contributed by atoms with E-state index in [4.69, 9.17) is 0 Å². The molecule has 3 rings (SSSR count). The summed E-state index contributed by atoms with van der Waals surface area (Å²) < 4.78 is 0. The lowest BCUT2D eigenvalue weighted by molar-refractivity contribution is -0.118. The van der Waals surface area contributed by atoms with Crippen LogP contribution in [0.4, 0.5) is 10.8 Å². The summed E-state index contributed by atoms with van der Waals surface area (Å²) in [5, 5.41) is 9.24. The van der Waals surface area contributed by atoms with Crippen LogP contribution < -0.4 is 10.3 Å². The highest BCUT2D eigenvalue weighted by molar-refractivity contribution is 7.15. The Labute approximate surface area is 137 Å². The second-order valence-electron chi connectivity index (χ2n) is 5.29. The molecule has 6 nitrogen and oxygen atoms in total. The number of nitrogens with one attached hydrogen (secondary N) is 1. The van der Waals surface area contributed by atoms with Crippen molar-refractivity contribution in [3.05, 3.63) is 41.4 Å². The molecule has 0 radical (unpaired) electrons. The lowest BCUT2D eigenvalue weighted by Gasteiger charge is -2.20. The van der Waals surface area contributed by atoms with Gasteiger partial charge in [-0.05, 0) is 26.0 Å². The van der Waals surface area contributed by atoms with E-state index in [2.05, 4.69) is 15.4 Å². The molecule has 118 valence electrons. The zero-order valence-electron chi connectivity index (χ0n) is 12.8. The minimum Gasteiger partial charge on any atom is -0.298 e. The Morgan fingerprint density at radius 1 is 1.30 bits per heavy atom. The highest BCUT2D eigenvalue weighted by Gasteiger charge is 2.34. The molecule has 0 saturated heterocycles. The third-order valence-corrected chi connectivity index (χ3v) is 4.33. The molecule has 0 fully saturated rings. The van der Waals surface area contributed by atoms with E-state index in [0.29, 0.717) is 17.3 Å². The molecule has 1 amide bonds. The molecule has 1 aliphatic rings. The van der Waals surface area contributed by atoms with Gasteiger partial charge in [-0.2, -0.15) is 5.10 Å². The Morgan fingerprint density at radius 3 is 2.65 bits per heavy atom. The second-order valence-corrected chi connectivity index (χ2v) is 6.52. The molecule has 0 unspecified atom stereocenters. The van der Waals surface area contributed by atoms with Crippen LogP contribution in [0.5, 0.6) is 0 Å². The van der Waals surface area contributed by atoms with Crippen molar-refractivity contribution in [3.63, 3.8) is 0 Å². The standard InChI is InChI=1S/C16H16N4O2S/c1-10-9-17-16(23-10)18-15(22)13-8-14(11(2)21)20(19-13)12-6-4-3-5-7-12/h3-7,9,14H,8H2,1-2H3,(H,17,18,22)/t14-/m0/s1. The van der Waals surface area contributed by atoms with Gasteiger partial charge >= 0.3 is 0 Å². The number of amides is 1. The number of hydrogen-bond donors (Lipinski definition) is 1. The van der Waals surface area contributed by atoms with Gasteiger partial charge in [-0.1, -0.05) is 18.2 Å². The zero-order chi connectivity index (χ0) is 16.4. The highest BCUT2D eigenvalue weighted by Crippen LogP contribution is 2.25. The van der Waals surface area contributed by atoms with Crippen LogP contribution >= 0.6 is 11.3 Å². The predicted octanol–water partition coefficient (Wildman–Crippen LogP) is 2.61. The Kier molecular flexibility index (Phi) is 4.20. The van der Waals surface area contributed by atoms with Crippen LogP contribution in [0.15, 0.2) is 41.6 Å². The summed E-state index contributed by atoms with van der Waals surface area (Å²) in [6.45, 7) is 3.44. The first kappa shape index (κ1) is 15.4. The molecule has 7 heteroatoms. The lowest BCUT2D eigenvalue weighted by atomic mass is 10.1. The Morgan fingerprint density at radius 2 is 2.04 bits per heavy atom. The molecule has 1 aromatic heterocycles. The number of aromatic nitrogens is 1. The molecule has 1 aromatic carbocycles. The van der Waals surface area contributed by atoms with Crippen LogP contribution in [0.25, 0.3) is 0 Å². The third kappa shape index (κ3) is 3.29. The molecule has 0 saturated carbocycles. The van der Waals surface area contributed by atoms with E-state index in [1.165, 1.54) is 18.3 Å². The number of hydrogen-bond acceptors (Lipinski definition) is 6. The summed E-state index contributed by atoms with van der Waals surface area (Å²) in [4.78, 5) is 29.4. The summed E-state index contributed by atoms with van der Waals surface area (Å²) in [5.74, 6) is -0.338. The fourth-order valence-corrected chi connectivity index (χ4v) is 3.02. The maximum Gasteiger partial charge on any atom is 0.273 e. The zero-order valence-corrected chi connectivity index (χ0v) is 13.6. The first-order chi connectivity index (χ1) is 11.0. The number of carbonyl (C=O) groups is 2. The number of carbonyl (C=O) groups excluding carboxylic acids is 2. The van der Waals surface area contributed by atoms with E-state index in [-0.39, 0.29) is 11.7 Å². The number of ketones is 1. The van der Waals surface area contributed by atoms with Gasteiger partial charge in [0, 0.05) is 17.5 Å². The van der Waals surface area contributed by atoms with Crippen LogP contribution in [0.3, 0.4) is 0 Å². The maximum absolute atomic E-state index is 12.4. The van der Waals surface area contributed by atoms with E-state index < -0.39 is 6.04 Å². The van der Waals surface area contributed by atoms with Gasteiger partial charge in [-0.15, -0.1) is 11.3 Å². The molecular weight excluding hydrogens is 312 g/mol. The van der Waals surface area contributed by atoms with Crippen molar-refractivity contribution >= 4 is 39.6 Å². The van der Waals surface area contributed by atoms with Crippen LogP contribution in [0.1, 0.15) is 18.2 Å². The molecule has 2 heterocycles. The number of thiazole rings is 1. The summed E-state index contributed by atoms with van der Waals surface area (Å²) in [5.41, 5.74) is 1.13. The molecule has 1 N–H and O–H groups in total. The number of anilines is 2. The number of rotatable bonds is 4. The van der Waals surface area contributed by atoms with Crippen molar-refractivity contribution in [2.24, 2.45) is 5.10 Å². The molecule has 23 heavy (non-hydrogen) atoms.